The van der Waals surface area contributed by atoms with E-state index in [0.29, 0.717) is 30.0 Å². The Balaban J connectivity index is 1.65. The molecule has 1 aromatic heterocycles. The third-order valence-corrected chi connectivity index (χ3v) is 6.12. The van der Waals surface area contributed by atoms with Gasteiger partial charge in [-0.25, -0.2) is 0 Å². The minimum absolute atomic E-state index is 0.0686. The molecule has 0 radical (unpaired) electrons. The summed E-state index contributed by atoms with van der Waals surface area (Å²) in [6, 6.07) is 17.4. The first-order chi connectivity index (χ1) is 17.9. The molecule has 1 saturated heterocycles. The Morgan fingerprint density at radius 3 is 2.35 bits per heavy atom. The molecule has 0 aliphatic carbocycles. The topological polar surface area (TPSA) is 118 Å². The van der Waals surface area contributed by atoms with Crippen LogP contribution in [0.4, 0.5) is 5.69 Å². The highest BCUT2D eigenvalue weighted by atomic mass is 16.5. The molecule has 9 heteroatoms. The number of furan rings is 1. The summed E-state index contributed by atoms with van der Waals surface area (Å²) in [5.41, 5.74) is 1.47. The first kappa shape index (κ1) is 25.8. The summed E-state index contributed by atoms with van der Waals surface area (Å²) in [5, 5.41) is 5.49. The van der Waals surface area contributed by atoms with Crippen molar-refractivity contribution in [2.75, 3.05) is 24.6 Å². The van der Waals surface area contributed by atoms with Crippen molar-refractivity contribution < 1.29 is 28.3 Å². The van der Waals surface area contributed by atoms with Gasteiger partial charge in [0.15, 0.2) is 11.5 Å². The van der Waals surface area contributed by atoms with Gasteiger partial charge in [-0.3, -0.25) is 24.1 Å². The van der Waals surface area contributed by atoms with Gasteiger partial charge in [0.05, 0.1) is 18.9 Å². The van der Waals surface area contributed by atoms with Crippen LogP contribution in [0.5, 0.6) is 0 Å². The molecule has 1 fully saturated rings. The number of nitrogens with zero attached hydrogens (tertiary/aromatic N) is 1. The molecule has 1 aliphatic rings. The average molecular weight is 504 g/mol. The van der Waals surface area contributed by atoms with Crippen LogP contribution >= 0.6 is 0 Å². The smallest absolute Gasteiger partial charge is 0.287 e. The lowest BCUT2D eigenvalue weighted by Crippen LogP contribution is -2.48. The number of anilines is 1. The number of rotatable bonds is 10. The van der Waals surface area contributed by atoms with Gasteiger partial charge in [0.1, 0.15) is 6.04 Å². The van der Waals surface area contributed by atoms with Crippen LogP contribution in [0.15, 0.2) is 77.4 Å². The minimum atomic E-state index is -1.03. The highest BCUT2D eigenvalue weighted by Crippen LogP contribution is 2.29. The Morgan fingerprint density at radius 1 is 0.973 bits per heavy atom. The third kappa shape index (κ3) is 6.50. The summed E-state index contributed by atoms with van der Waals surface area (Å²) < 4.78 is 10.7. The van der Waals surface area contributed by atoms with E-state index in [2.05, 4.69) is 10.6 Å². The van der Waals surface area contributed by atoms with Crippen LogP contribution < -0.4 is 15.5 Å². The van der Waals surface area contributed by atoms with Crippen LogP contribution in [0.2, 0.25) is 0 Å². The van der Waals surface area contributed by atoms with Crippen LogP contribution in [-0.4, -0.2) is 49.3 Å². The fourth-order valence-electron chi connectivity index (χ4n) is 4.20. The molecule has 3 aromatic rings. The summed E-state index contributed by atoms with van der Waals surface area (Å²) >= 11 is 0. The molecule has 2 heterocycles. The third-order valence-electron chi connectivity index (χ3n) is 6.12. The lowest BCUT2D eigenvalue weighted by Gasteiger charge is -2.32. The Labute approximate surface area is 214 Å². The number of nitrogens with one attached hydrogen (secondary N) is 2. The first-order valence-corrected chi connectivity index (χ1v) is 12.1. The number of amides is 3. The summed E-state index contributed by atoms with van der Waals surface area (Å²) in [6.45, 7) is 2.05. The molecule has 0 unspecified atom stereocenters. The molecular weight excluding hydrogens is 474 g/mol. The van der Waals surface area contributed by atoms with Crippen molar-refractivity contribution in [1.29, 1.82) is 0 Å². The largest absolute Gasteiger partial charge is 0.459 e. The zero-order chi connectivity index (χ0) is 26.2. The van der Waals surface area contributed by atoms with Crippen molar-refractivity contribution >= 4 is 29.2 Å². The van der Waals surface area contributed by atoms with E-state index in [1.165, 1.54) is 24.2 Å². The van der Waals surface area contributed by atoms with Crippen LogP contribution in [0, 0.1) is 0 Å². The Kier molecular flexibility index (Phi) is 8.48. The average Bonchev–Trinajstić information content (AvgIpc) is 3.64. The van der Waals surface area contributed by atoms with Gasteiger partial charge in [-0.15, -0.1) is 0 Å². The number of ether oxygens (including phenoxy) is 1. The maximum Gasteiger partial charge on any atom is 0.287 e. The van der Waals surface area contributed by atoms with Gasteiger partial charge in [0, 0.05) is 24.4 Å². The zero-order valence-corrected chi connectivity index (χ0v) is 20.5. The SMILES string of the molecule is CC(=O)c1ccc(N(C(=O)CNC(=O)c2ccco2)[C@@H](C(=O)NC[C@H]2CCCO2)c2ccccc2)cc1. The van der Waals surface area contributed by atoms with E-state index in [4.69, 9.17) is 9.15 Å². The second-order valence-electron chi connectivity index (χ2n) is 8.72. The maximum atomic E-state index is 13.6. The molecule has 4 rings (SSSR count). The van der Waals surface area contributed by atoms with Gasteiger partial charge in [-0.1, -0.05) is 30.3 Å². The molecule has 2 aromatic carbocycles. The molecule has 0 saturated carbocycles. The van der Waals surface area contributed by atoms with E-state index in [9.17, 15) is 19.2 Å². The van der Waals surface area contributed by atoms with E-state index < -0.39 is 17.9 Å². The standard InChI is InChI=1S/C28H29N3O6/c1-19(32)20-11-13-22(14-12-20)31(25(33)18-30-27(34)24-10-6-16-37-24)26(21-7-3-2-4-8-21)28(35)29-17-23-9-5-15-36-23/h2-4,6-8,10-14,16,23,26H,5,9,15,17-18H2,1H3,(H,29,35)(H,30,34)/t23-,26-/m1/s1. The van der Waals surface area contributed by atoms with Gasteiger partial charge in [0.2, 0.25) is 11.8 Å². The zero-order valence-electron chi connectivity index (χ0n) is 20.5. The first-order valence-electron chi connectivity index (χ1n) is 12.1. The lowest BCUT2D eigenvalue weighted by atomic mass is 10.0. The number of carbonyl (C=O) groups is 4. The van der Waals surface area contributed by atoms with Crippen LogP contribution in [0.1, 0.15) is 52.3 Å². The Morgan fingerprint density at radius 2 is 1.73 bits per heavy atom. The molecule has 0 bridgehead atoms. The second-order valence-corrected chi connectivity index (χ2v) is 8.72. The van der Waals surface area contributed by atoms with Crippen LogP contribution in [0.25, 0.3) is 0 Å². The molecule has 37 heavy (non-hydrogen) atoms. The summed E-state index contributed by atoms with van der Waals surface area (Å²) in [7, 11) is 0. The molecule has 9 nitrogen and oxygen atoms in total. The molecular formula is C28H29N3O6. The number of hydrogen-bond acceptors (Lipinski definition) is 6. The van der Waals surface area contributed by atoms with Gasteiger partial charge in [-0.05, 0) is 61.7 Å². The molecule has 2 N–H and O–H groups in total. The minimum Gasteiger partial charge on any atom is -0.459 e. The molecule has 192 valence electrons. The fraction of sp³-hybridized carbons (Fsp3) is 0.286. The normalized spacial score (nSPS) is 15.5. The molecule has 2 atom stereocenters. The van der Waals surface area contributed by atoms with Crippen molar-refractivity contribution in [2.24, 2.45) is 0 Å². The number of hydrogen-bond donors (Lipinski definition) is 2. The van der Waals surface area contributed by atoms with Crippen molar-refractivity contribution in [3.05, 3.63) is 89.9 Å². The van der Waals surface area contributed by atoms with Gasteiger partial charge in [-0.2, -0.15) is 0 Å². The van der Waals surface area contributed by atoms with Gasteiger partial charge < -0.3 is 19.8 Å². The van der Waals surface area contributed by atoms with E-state index in [0.717, 1.165) is 12.8 Å². The highest BCUT2D eigenvalue weighted by Gasteiger charge is 2.33. The predicted molar refractivity (Wildman–Crippen MR) is 136 cm³/mol. The van der Waals surface area contributed by atoms with E-state index >= 15 is 0 Å². The van der Waals surface area contributed by atoms with Crippen molar-refractivity contribution in [2.45, 2.75) is 31.9 Å². The van der Waals surface area contributed by atoms with Crippen LogP contribution in [-0.2, 0) is 14.3 Å². The summed E-state index contributed by atoms with van der Waals surface area (Å²) in [6.07, 6.45) is 3.07. The van der Waals surface area contributed by atoms with E-state index in [1.54, 1.807) is 54.6 Å². The molecule has 3 amide bonds. The number of ketones is 1. The molecule has 0 spiro atoms. The monoisotopic (exact) mass is 503 g/mol. The quantitative estimate of drug-likeness (QED) is 0.410. The molecule has 1 aliphatic heterocycles. The summed E-state index contributed by atoms with van der Waals surface area (Å²) in [5.74, 6) is -1.51. The van der Waals surface area contributed by atoms with Crippen molar-refractivity contribution in [3.63, 3.8) is 0 Å². The number of benzene rings is 2. The number of Topliss-reactive ketones (excluding diaryl/α,β-unsaturated/α-hetero) is 1. The van der Waals surface area contributed by atoms with Gasteiger partial charge >= 0.3 is 0 Å². The maximum absolute atomic E-state index is 13.6. The fourth-order valence-corrected chi connectivity index (χ4v) is 4.20. The van der Waals surface area contributed by atoms with E-state index in [1.807, 2.05) is 6.07 Å². The van der Waals surface area contributed by atoms with Crippen LogP contribution in [0.3, 0.4) is 0 Å². The lowest BCUT2D eigenvalue weighted by molar-refractivity contribution is -0.126. The Hall–Kier alpha value is -4.24. The van der Waals surface area contributed by atoms with Crippen molar-refractivity contribution in [3.8, 4) is 0 Å². The highest BCUT2D eigenvalue weighted by molar-refractivity contribution is 6.04. The van der Waals surface area contributed by atoms with E-state index in [-0.39, 0.29) is 30.1 Å². The second kappa shape index (κ2) is 12.1. The van der Waals surface area contributed by atoms with Crippen molar-refractivity contribution in [1.82, 2.24) is 10.6 Å². The Bertz CT molecular complexity index is 1220. The summed E-state index contributed by atoms with van der Waals surface area (Å²) in [4.78, 5) is 52.8. The number of carbonyl (C=O) groups excluding carboxylic acids is 4. The van der Waals surface area contributed by atoms with Gasteiger partial charge in [0.25, 0.3) is 5.91 Å². The predicted octanol–water partition coefficient (Wildman–Crippen LogP) is 3.28.